The molecule has 1 aromatic carbocycles. The molecule has 5 nitrogen and oxygen atoms in total. The summed E-state index contributed by atoms with van der Waals surface area (Å²) in [6.45, 7) is 0. The third kappa shape index (κ3) is 2.78. The summed E-state index contributed by atoms with van der Waals surface area (Å²) in [5, 5.41) is 0. The fourth-order valence-corrected chi connectivity index (χ4v) is 2.47. The first-order valence-electron chi connectivity index (χ1n) is 3.11. The molecule has 0 aliphatic carbocycles. The van der Waals surface area contributed by atoms with Crippen molar-refractivity contribution in [3.63, 3.8) is 0 Å². The van der Waals surface area contributed by atoms with E-state index in [1.807, 2.05) is 0 Å². The van der Waals surface area contributed by atoms with Crippen LogP contribution in [0.1, 0.15) is 0 Å². The Morgan fingerprint density at radius 2 is 1.36 bits per heavy atom. The Kier molecular flexibility index (Phi) is 4.76. The van der Waals surface area contributed by atoms with E-state index < -0.39 is 22.9 Å². The summed E-state index contributed by atoms with van der Waals surface area (Å²) >= 11 is 0. The van der Waals surface area contributed by atoms with E-state index in [0.29, 0.717) is 0 Å². The van der Waals surface area contributed by atoms with Gasteiger partial charge in [-0.3, -0.25) is 0 Å². The minimum Gasteiger partial charge on any atom is -0.735 e. The predicted octanol–water partition coefficient (Wildman–Crippen LogP) is -3.08. The molecule has 0 aliphatic rings. The van der Waals surface area contributed by atoms with E-state index in [-0.39, 0.29) is 29.6 Å². The van der Waals surface area contributed by atoms with Gasteiger partial charge in [0.25, 0.3) is 8.87 Å². The summed E-state index contributed by atoms with van der Waals surface area (Å²) in [5.74, 6) is 0. The predicted molar refractivity (Wildman–Crippen MR) is 43.3 cm³/mol. The zero-order valence-electron chi connectivity index (χ0n) is 7.24. The first kappa shape index (κ1) is 14.1. The summed E-state index contributed by atoms with van der Waals surface area (Å²) in [6, 6.07) is 6.27. The smallest absolute Gasteiger partial charge is 0.735 e. The minimum absolute atomic E-state index is 0. The molecule has 0 unspecified atom stereocenters. The molecule has 1 aromatic rings. The van der Waals surface area contributed by atoms with Crippen molar-refractivity contribution in [3.05, 3.63) is 30.3 Å². The van der Waals surface area contributed by atoms with Crippen LogP contribution in [0, 0.1) is 0 Å². The molecule has 0 saturated carbocycles. The molecule has 0 amide bonds. The van der Waals surface area contributed by atoms with Gasteiger partial charge in [0.2, 0.25) is 9.15 Å². The van der Waals surface area contributed by atoms with E-state index in [0.717, 1.165) is 12.1 Å². The molecular formula is C6H5NaO5S2. The van der Waals surface area contributed by atoms with Gasteiger partial charge in [-0.15, -0.1) is 0 Å². The van der Waals surface area contributed by atoms with Crippen molar-refractivity contribution in [3.8, 4) is 0 Å². The van der Waals surface area contributed by atoms with Crippen molar-refractivity contribution in [1.82, 2.24) is 0 Å². The summed E-state index contributed by atoms with van der Waals surface area (Å²) in [4.78, 5) is -0.509. The maximum Gasteiger partial charge on any atom is 1.00 e. The van der Waals surface area contributed by atoms with Gasteiger partial charge in [0, 0.05) is 0 Å². The molecule has 0 bridgehead atoms. The molecule has 0 spiro atoms. The van der Waals surface area contributed by atoms with Crippen LogP contribution in [-0.4, -0.2) is 21.4 Å². The second-order valence-electron chi connectivity index (χ2n) is 2.18. The zero-order valence-corrected chi connectivity index (χ0v) is 10.9. The summed E-state index contributed by atoms with van der Waals surface area (Å²) in [5.41, 5.74) is 0. The molecule has 0 atom stereocenters. The van der Waals surface area contributed by atoms with Crippen LogP contribution < -0.4 is 29.6 Å². The topological polar surface area (TPSA) is 91.3 Å². The van der Waals surface area contributed by atoms with Crippen LogP contribution in [-0.2, 0) is 18.0 Å². The van der Waals surface area contributed by atoms with Crippen molar-refractivity contribution in [2.45, 2.75) is 4.90 Å². The molecule has 0 N–H and O–H groups in total. The molecule has 0 radical (unpaired) electrons. The molecular weight excluding hydrogens is 239 g/mol. The Hall–Kier alpha value is 0.0800. The first-order valence-corrected chi connectivity index (χ1v) is 6.52. The van der Waals surface area contributed by atoms with Crippen LogP contribution in [0.5, 0.6) is 0 Å². The van der Waals surface area contributed by atoms with Crippen LogP contribution in [0.3, 0.4) is 0 Å². The molecule has 0 fully saturated rings. The van der Waals surface area contributed by atoms with Gasteiger partial charge in [0.15, 0.2) is 0 Å². The van der Waals surface area contributed by atoms with Gasteiger partial charge in [0.1, 0.15) is 0 Å². The van der Waals surface area contributed by atoms with Gasteiger partial charge >= 0.3 is 29.6 Å². The summed E-state index contributed by atoms with van der Waals surface area (Å²) < 4.78 is 52.8. The minimum atomic E-state index is -5.33. The van der Waals surface area contributed by atoms with Crippen LogP contribution in [0.25, 0.3) is 0 Å². The fourth-order valence-electron chi connectivity index (χ4n) is 0.705. The Bertz CT molecular complexity index is 490. The normalized spacial score (nSPS) is 11.8. The standard InChI is InChI=1S/C6H6O5S2.Na/c7-12(8,13(9,10)11)6-4-2-1-3-5-6;/h1-5H,(H,9,10,11);/q;+1/p-1. The SMILES string of the molecule is O=S(=O)([O-])S(=O)(=O)c1ccccc1.[Na+]. The molecule has 0 aliphatic heterocycles. The van der Waals surface area contributed by atoms with Gasteiger partial charge in [-0.1, -0.05) is 18.2 Å². The number of hydrogen-bond acceptors (Lipinski definition) is 5. The average Bonchev–Trinajstić information content (AvgIpc) is 2.04. The molecule has 1 rings (SSSR count). The number of rotatable bonds is 2. The second kappa shape index (κ2) is 4.73. The maximum atomic E-state index is 11.0. The Labute approximate surface area is 103 Å². The van der Waals surface area contributed by atoms with Gasteiger partial charge < -0.3 is 4.55 Å². The maximum absolute atomic E-state index is 11.0. The first-order chi connectivity index (χ1) is 5.86. The summed E-state index contributed by atoms with van der Waals surface area (Å²) in [7, 11) is -10.1. The number of benzene rings is 1. The van der Waals surface area contributed by atoms with Crippen LogP contribution in [0.15, 0.2) is 35.2 Å². The van der Waals surface area contributed by atoms with E-state index in [4.69, 9.17) is 0 Å². The van der Waals surface area contributed by atoms with E-state index in [1.54, 1.807) is 0 Å². The summed E-state index contributed by atoms with van der Waals surface area (Å²) in [6.07, 6.45) is 0. The monoisotopic (exact) mass is 244 g/mol. The fraction of sp³-hybridized carbons (Fsp3) is 0. The third-order valence-electron chi connectivity index (χ3n) is 1.30. The number of hydrogen-bond donors (Lipinski definition) is 0. The van der Waals surface area contributed by atoms with E-state index in [9.17, 15) is 21.4 Å². The van der Waals surface area contributed by atoms with E-state index in [1.165, 1.54) is 18.2 Å². The van der Waals surface area contributed by atoms with Crippen molar-refractivity contribution in [2.24, 2.45) is 0 Å². The van der Waals surface area contributed by atoms with Crippen molar-refractivity contribution in [2.75, 3.05) is 0 Å². The van der Waals surface area contributed by atoms with Crippen LogP contribution >= 0.6 is 0 Å². The zero-order chi connectivity index (χ0) is 10.1. The molecule has 72 valence electrons. The second-order valence-corrected chi connectivity index (χ2v) is 6.91. The Balaban J connectivity index is 0.00000169. The van der Waals surface area contributed by atoms with Crippen molar-refractivity contribution < 1.29 is 50.9 Å². The Morgan fingerprint density at radius 1 is 0.929 bits per heavy atom. The third-order valence-corrected chi connectivity index (χ3v) is 4.88. The van der Waals surface area contributed by atoms with Crippen molar-refractivity contribution in [1.29, 1.82) is 0 Å². The molecule has 0 aromatic heterocycles. The van der Waals surface area contributed by atoms with Crippen LogP contribution in [0.2, 0.25) is 0 Å². The largest absolute Gasteiger partial charge is 1.00 e. The van der Waals surface area contributed by atoms with Crippen molar-refractivity contribution >= 4 is 18.0 Å². The van der Waals surface area contributed by atoms with Gasteiger partial charge in [0.05, 0.1) is 4.90 Å². The molecule has 14 heavy (non-hydrogen) atoms. The average molecular weight is 244 g/mol. The molecule has 0 heterocycles. The van der Waals surface area contributed by atoms with E-state index >= 15 is 0 Å². The van der Waals surface area contributed by atoms with Gasteiger partial charge in [-0.05, 0) is 12.1 Å². The quantitative estimate of drug-likeness (QED) is 0.312. The molecule has 8 heteroatoms. The Morgan fingerprint density at radius 3 is 1.71 bits per heavy atom. The van der Waals surface area contributed by atoms with Gasteiger partial charge in [-0.2, -0.15) is 0 Å². The molecule has 0 saturated heterocycles. The van der Waals surface area contributed by atoms with E-state index in [2.05, 4.69) is 0 Å². The van der Waals surface area contributed by atoms with Gasteiger partial charge in [-0.25, -0.2) is 16.8 Å². The van der Waals surface area contributed by atoms with Crippen LogP contribution in [0.4, 0.5) is 0 Å².